The fourth-order valence-corrected chi connectivity index (χ4v) is 1.42. The van der Waals surface area contributed by atoms with Crippen LogP contribution >= 0.6 is 0 Å². The second kappa shape index (κ2) is 3.82. The van der Waals surface area contributed by atoms with Crippen LogP contribution in [0.1, 0.15) is 5.69 Å². The number of hydrogen-bond donors (Lipinski definition) is 1. The van der Waals surface area contributed by atoms with E-state index in [2.05, 4.69) is 5.10 Å². The highest BCUT2D eigenvalue weighted by molar-refractivity contribution is 5.59. The van der Waals surface area contributed by atoms with Crippen LogP contribution in [-0.2, 0) is 13.7 Å². The minimum absolute atomic E-state index is 0.0509. The largest absolute Gasteiger partial charge is 0.390 e. The number of aryl methyl sites for hydroxylation is 1. The SMILES string of the molecule is Cn1nc(-c2ccc(F)cc2)cc1CO. The number of halogens is 1. The molecule has 2 rings (SSSR count). The Labute approximate surface area is 86.8 Å². The molecule has 1 N–H and O–H groups in total. The van der Waals surface area contributed by atoms with Gasteiger partial charge in [-0.25, -0.2) is 4.39 Å². The molecule has 0 aliphatic carbocycles. The highest BCUT2D eigenvalue weighted by Gasteiger charge is 2.05. The van der Waals surface area contributed by atoms with Crippen molar-refractivity contribution >= 4 is 0 Å². The lowest BCUT2D eigenvalue weighted by Crippen LogP contribution is -1.96. The predicted molar refractivity (Wildman–Crippen MR) is 54.5 cm³/mol. The average molecular weight is 206 g/mol. The maximum Gasteiger partial charge on any atom is 0.123 e. The summed E-state index contributed by atoms with van der Waals surface area (Å²) in [5, 5.41) is 13.2. The van der Waals surface area contributed by atoms with E-state index in [1.807, 2.05) is 0 Å². The summed E-state index contributed by atoms with van der Waals surface area (Å²) in [6, 6.07) is 7.90. The first-order chi connectivity index (χ1) is 7.20. The van der Waals surface area contributed by atoms with E-state index in [1.165, 1.54) is 12.1 Å². The molecule has 0 saturated carbocycles. The van der Waals surface area contributed by atoms with Gasteiger partial charge in [0.1, 0.15) is 5.82 Å². The van der Waals surface area contributed by atoms with Gasteiger partial charge in [-0.1, -0.05) is 0 Å². The van der Waals surface area contributed by atoms with E-state index < -0.39 is 0 Å². The predicted octanol–water partition coefficient (Wildman–Crippen LogP) is 1.72. The number of aliphatic hydroxyl groups is 1. The third-order valence-corrected chi connectivity index (χ3v) is 2.28. The van der Waals surface area contributed by atoms with Gasteiger partial charge in [0, 0.05) is 12.6 Å². The molecule has 0 amide bonds. The molecule has 0 unspecified atom stereocenters. The number of aliphatic hydroxyl groups excluding tert-OH is 1. The molecular formula is C11H11FN2O. The van der Waals surface area contributed by atoms with Gasteiger partial charge >= 0.3 is 0 Å². The van der Waals surface area contributed by atoms with E-state index in [0.717, 1.165) is 17.0 Å². The smallest absolute Gasteiger partial charge is 0.123 e. The monoisotopic (exact) mass is 206 g/mol. The first-order valence-electron chi connectivity index (χ1n) is 4.60. The van der Waals surface area contributed by atoms with Crippen molar-refractivity contribution in [2.75, 3.05) is 0 Å². The van der Waals surface area contributed by atoms with Gasteiger partial charge < -0.3 is 5.11 Å². The van der Waals surface area contributed by atoms with E-state index >= 15 is 0 Å². The van der Waals surface area contributed by atoms with Gasteiger partial charge in [0.2, 0.25) is 0 Å². The Morgan fingerprint density at radius 3 is 2.53 bits per heavy atom. The maximum absolute atomic E-state index is 12.7. The molecule has 2 aromatic rings. The molecule has 0 bridgehead atoms. The molecule has 0 atom stereocenters. The summed E-state index contributed by atoms with van der Waals surface area (Å²) in [4.78, 5) is 0. The fourth-order valence-electron chi connectivity index (χ4n) is 1.42. The Morgan fingerprint density at radius 1 is 1.33 bits per heavy atom. The molecule has 3 nitrogen and oxygen atoms in total. The Hall–Kier alpha value is -1.68. The number of benzene rings is 1. The van der Waals surface area contributed by atoms with E-state index in [4.69, 9.17) is 5.11 Å². The topological polar surface area (TPSA) is 38.0 Å². The zero-order valence-electron chi connectivity index (χ0n) is 8.31. The van der Waals surface area contributed by atoms with Crippen LogP contribution in [0, 0.1) is 5.82 Å². The Balaban J connectivity index is 2.41. The molecule has 0 saturated heterocycles. The zero-order chi connectivity index (χ0) is 10.8. The molecule has 0 fully saturated rings. The van der Waals surface area contributed by atoms with Crippen LogP contribution in [0.15, 0.2) is 30.3 Å². The molecule has 4 heteroatoms. The molecular weight excluding hydrogens is 195 g/mol. The van der Waals surface area contributed by atoms with Crippen LogP contribution in [0.4, 0.5) is 4.39 Å². The Morgan fingerprint density at radius 2 is 2.00 bits per heavy atom. The lowest BCUT2D eigenvalue weighted by atomic mass is 10.1. The van der Waals surface area contributed by atoms with Gasteiger partial charge in [0.25, 0.3) is 0 Å². The lowest BCUT2D eigenvalue weighted by molar-refractivity contribution is 0.270. The molecule has 1 aromatic heterocycles. The Bertz CT molecular complexity index is 462. The van der Waals surface area contributed by atoms with E-state index in [9.17, 15) is 4.39 Å². The van der Waals surface area contributed by atoms with Crippen LogP contribution in [-0.4, -0.2) is 14.9 Å². The molecule has 78 valence electrons. The second-order valence-corrected chi connectivity index (χ2v) is 3.31. The highest BCUT2D eigenvalue weighted by Crippen LogP contribution is 2.18. The molecule has 0 radical (unpaired) electrons. The van der Waals surface area contributed by atoms with Crippen LogP contribution in [0.2, 0.25) is 0 Å². The molecule has 15 heavy (non-hydrogen) atoms. The lowest BCUT2D eigenvalue weighted by Gasteiger charge is -1.95. The van der Waals surface area contributed by atoms with Gasteiger partial charge in [-0.05, 0) is 30.3 Å². The van der Waals surface area contributed by atoms with Crippen molar-refractivity contribution in [2.24, 2.45) is 7.05 Å². The van der Waals surface area contributed by atoms with E-state index in [0.29, 0.717) is 0 Å². The van der Waals surface area contributed by atoms with Crippen molar-refractivity contribution < 1.29 is 9.50 Å². The third-order valence-electron chi connectivity index (χ3n) is 2.28. The summed E-state index contributed by atoms with van der Waals surface area (Å²) in [5.74, 6) is -0.267. The van der Waals surface area contributed by atoms with Crippen LogP contribution in [0.5, 0.6) is 0 Å². The maximum atomic E-state index is 12.7. The summed E-state index contributed by atoms with van der Waals surface area (Å²) in [7, 11) is 1.76. The minimum atomic E-state index is -0.267. The Kier molecular flexibility index (Phi) is 2.51. The van der Waals surface area contributed by atoms with Crippen molar-refractivity contribution in [1.82, 2.24) is 9.78 Å². The second-order valence-electron chi connectivity index (χ2n) is 3.31. The van der Waals surface area contributed by atoms with Crippen LogP contribution in [0.25, 0.3) is 11.3 Å². The highest BCUT2D eigenvalue weighted by atomic mass is 19.1. The standard InChI is InChI=1S/C11H11FN2O/c1-14-10(7-15)6-11(13-14)8-2-4-9(12)5-3-8/h2-6,15H,7H2,1H3. The quantitative estimate of drug-likeness (QED) is 0.812. The summed E-state index contributed by atoms with van der Waals surface area (Å²) in [6.07, 6.45) is 0. The van der Waals surface area contributed by atoms with Crippen molar-refractivity contribution in [3.63, 3.8) is 0 Å². The van der Waals surface area contributed by atoms with Crippen LogP contribution in [0.3, 0.4) is 0 Å². The number of rotatable bonds is 2. The summed E-state index contributed by atoms with van der Waals surface area (Å²) in [5.41, 5.74) is 2.31. The molecule has 1 heterocycles. The van der Waals surface area contributed by atoms with Gasteiger partial charge in [-0.15, -0.1) is 0 Å². The minimum Gasteiger partial charge on any atom is -0.390 e. The summed E-state index contributed by atoms with van der Waals surface area (Å²) >= 11 is 0. The number of hydrogen-bond acceptors (Lipinski definition) is 2. The van der Waals surface area contributed by atoms with Gasteiger partial charge in [0.05, 0.1) is 18.0 Å². The summed E-state index contributed by atoms with van der Waals surface area (Å²) < 4.78 is 14.3. The van der Waals surface area contributed by atoms with E-state index in [1.54, 1.807) is 29.9 Å². The van der Waals surface area contributed by atoms with Crippen molar-refractivity contribution in [1.29, 1.82) is 0 Å². The van der Waals surface area contributed by atoms with Crippen molar-refractivity contribution in [2.45, 2.75) is 6.61 Å². The third kappa shape index (κ3) is 1.89. The van der Waals surface area contributed by atoms with Crippen molar-refractivity contribution in [3.05, 3.63) is 41.8 Å². The molecule has 0 aliphatic rings. The summed E-state index contributed by atoms with van der Waals surface area (Å²) in [6.45, 7) is -0.0509. The fraction of sp³-hybridized carbons (Fsp3) is 0.182. The number of nitrogens with zero attached hydrogens (tertiary/aromatic N) is 2. The molecule has 0 spiro atoms. The molecule has 0 aliphatic heterocycles. The van der Waals surface area contributed by atoms with Gasteiger partial charge in [-0.3, -0.25) is 4.68 Å². The first-order valence-corrected chi connectivity index (χ1v) is 4.60. The van der Waals surface area contributed by atoms with Gasteiger partial charge in [0.15, 0.2) is 0 Å². The first kappa shape index (κ1) is 9.86. The van der Waals surface area contributed by atoms with Crippen LogP contribution < -0.4 is 0 Å². The van der Waals surface area contributed by atoms with Crippen molar-refractivity contribution in [3.8, 4) is 11.3 Å². The average Bonchev–Trinajstić information content (AvgIpc) is 2.61. The van der Waals surface area contributed by atoms with E-state index in [-0.39, 0.29) is 12.4 Å². The zero-order valence-corrected chi connectivity index (χ0v) is 8.31. The van der Waals surface area contributed by atoms with Gasteiger partial charge in [-0.2, -0.15) is 5.10 Å². The number of aromatic nitrogens is 2. The normalized spacial score (nSPS) is 10.6. The molecule has 1 aromatic carbocycles.